The molecule has 150 valence electrons. The van der Waals surface area contributed by atoms with Crippen molar-refractivity contribution in [2.75, 3.05) is 18.4 Å². The van der Waals surface area contributed by atoms with Gasteiger partial charge in [-0.1, -0.05) is 19.1 Å². The van der Waals surface area contributed by atoms with Crippen molar-refractivity contribution in [1.82, 2.24) is 9.88 Å². The number of nitrogens with one attached hydrogen (secondary N) is 2. The third kappa shape index (κ3) is 4.30. The lowest BCUT2D eigenvalue weighted by molar-refractivity contribution is -0.384. The number of hydrogen-bond donors (Lipinski definition) is 2. The zero-order chi connectivity index (χ0) is 20.4. The van der Waals surface area contributed by atoms with Gasteiger partial charge in [-0.25, -0.2) is 0 Å². The summed E-state index contributed by atoms with van der Waals surface area (Å²) in [6, 6.07) is 12.3. The molecule has 1 aliphatic rings. The van der Waals surface area contributed by atoms with Crippen molar-refractivity contribution in [1.29, 1.82) is 0 Å². The third-order valence-corrected chi connectivity index (χ3v) is 5.62. The maximum absolute atomic E-state index is 12.7. The largest absolute Gasteiger partial charge is 0.360 e. The van der Waals surface area contributed by atoms with Gasteiger partial charge >= 0.3 is 0 Å². The van der Waals surface area contributed by atoms with E-state index in [1.807, 2.05) is 24.3 Å². The summed E-state index contributed by atoms with van der Waals surface area (Å²) in [5.74, 6) is 0.518. The highest BCUT2D eigenvalue weighted by molar-refractivity contribution is 6.13. The second-order valence-electron chi connectivity index (χ2n) is 7.80. The Labute approximate surface area is 168 Å². The van der Waals surface area contributed by atoms with Gasteiger partial charge in [0.25, 0.3) is 11.6 Å². The molecule has 0 unspecified atom stereocenters. The van der Waals surface area contributed by atoms with Gasteiger partial charge in [-0.3, -0.25) is 19.8 Å². The van der Waals surface area contributed by atoms with Crippen molar-refractivity contribution in [3.05, 3.63) is 69.9 Å². The molecule has 3 aromatic rings. The van der Waals surface area contributed by atoms with Crippen LogP contribution in [0.5, 0.6) is 0 Å². The van der Waals surface area contributed by atoms with Crippen LogP contribution in [0.3, 0.4) is 0 Å². The van der Waals surface area contributed by atoms with Crippen molar-refractivity contribution in [2.24, 2.45) is 5.92 Å². The Morgan fingerprint density at radius 3 is 2.62 bits per heavy atom. The minimum atomic E-state index is -0.462. The summed E-state index contributed by atoms with van der Waals surface area (Å²) in [6.45, 7) is 5.49. The molecule has 1 fully saturated rings. The van der Waals surface area contributed by atoms with E-state index in [2.05, 4.69) is 22.1 Å². The molecule has 2 N–H and O–H groups in total. The number of hydrogen-bond acceptors (Lipinski definition) is 4. The maximum Gasteiger partial charge on any atom is 0.270 e. The molecule has 7 heteroatoms. The number of rotatable bonds is 5. The fraction of sp³-hybridized carbons (Fsp3) is 0.318. The van der Waals surface area contributed by atoms with E-state index in [-0.39, 0.29) is 11.6 Å². The van der Waals surface area contributed by atoms with E-state index >= 15 is 0 Å². The summed E-state index contributed by atoms with van der Waals surface area (Å²) in [6.07, 6.45) is 4.07. The van der Waals surface area contributed by atoms with Crippen LogP contribution in [0.2, 0.25) is 0 Å². The predicted octanol–water partition coefficient (Wildman–Crippen LogP) is 4.56. The van der Waals surface area contributed by atoms with Crippen LogP contribution in [-0.4, -0.2) is 33.8 Å². The molecule has 1 aliphatic heterocycles. The Kier molecular flexibility index (Phi) is 5.31. The van der Waals surface area contributed by atoms with Crippen molar-refractivity contribution in [3.63, 3.8) is 0 Å². The number of amides is 1. The zero-order valence-corrected chi connectivity index (χ0v) is 16.4. The topological polar surface area (TPSA) is 91.3 Å². The molecule has 0 radical (unpaired) electrons. The number of aromatic nitrogens is 1. The van der Waals surface area contributed by atoms with Crippen molar-refractivity contribution in [2.45, 2.75) is 26.3 Å². The molecule has 1 amide bonds. The normalized spacial score (nSPS) is 15.5. The second-order valence-corrected chi connectivity index (χ2v) is 7.80. The van der Waals surface area contributed by atoms with Gasteiger partial charge in [0.15, 0.2) is 0 Å². The lowest BCUT2D eigenvalue weighted by Gasteiger charge is -2.30. The molecule has 1 saturated heterocycles. The SMILES string of the molecule is CC1CCN(Cc2ccc(NC(=O)c3c[nH]c4ccc([N+](=O)[O-])cc34)cc2)CC1. The van der Waals surface area contributed by atoms with E-state index in [4.69, 9.17) is 0 Å². The average molecular weight is 392 g/mol. The first-order chi connectivity index (χ1) is 14.0. The number of non-ortho nitro benzene ring substituents is 1. The Morgan fingerprint density at radius 2 is 1.93 bits per heavy atom. The number of nitrogens with zero attached hydrogens (tertiary/aromatic N) is 2. The fourth-order valence-corrected chi connectivity index (χ4v) is 3.78. The van der Waals surface area contributed by atoms with Gasteiger partial charge in [-0.15, -0.1) is 0 Å². The molecule has 4 rings (SSSR count). The minimum Gasteiger partial charge on any atom is -0.360 e. The van der Waals surface area contributed by atoms with Gasteiger partial charge in [-0.05, 0) is 55.6 Å². The van der Waals surface area contributed by atoms with Crippen molar-refractivity contribution >= 4 is 28.2 Å². The predicted molar refractivity (Wildman–Crippen MR) is 113 cm³/mol. The number of benzene rings is 2. The second kappa shape index (κ2) is 8.05. The summed E-state index contributed by atoms with van der Waals surface area (Å²) >= 11 is 0. The van der Waals surface area contributed by atoms with Crippen LogP contribution in [0.1, 0.15) is 35.7 Å². The molecule has 0 saturated carbocycles. The molecule has 0 bridgehead atoms. The fourth-order valence-electron chi connectivity index (χ4n) is 3.78. The van der Waals surface area contributed by atoms with Crippen LogP contribution in [0, 0.1) is 16.0 Å². The van der Waals surface area contributed by atoms with Crippen LogP contribution in [0.25, 0.3) is 10.9 Å². The Balaban J connectivity index is 1.44. The van der Waals surface area contributed by atoms with E-state index in [1.165, 1.54) is 30.5 Å². The Hall–Kier alpha value is -3.19. The molecule has 2 heterocycles. The molecule has 1 aromatic heterocycles. The van der Waals surface area contributed by atoms with Crippen LogP contribution < -0.4 is 5.32 Å². The molecule has 0 aliphatic carbocycles. The number of piperidine rings is 1. The van der Waals surface area contributed by atoms with Crippen molar-refractivity contribution in [3.8, 4) is 0 Å². The first-order valence-corrected chi connectivity index (χ1v) is 9.88. The smallest absolute Gasteiger partial charge is 0.270 e. The summed E-state index contributed by atoms with van der Waals surface area (Å²) in [5, 5.41) is 14.4. The van der Waals surface area contributed by atoms with Gasteiger partial charge < -0.3 is 10.3 Å². The van der Waals surface area contributed by atoms with E-state index in [0.29, 0.717) is 22.2 Å². The molecular weight excluding hydrogens is 368 g/mol. The number of H-pyrrole nitrogens is 1. The number of nitro groups is 1. The first-order valence-electron chi connectivity index (χ1n) is 9.88. The van der Waals surface area contributed by atoms with Gasteiger partial charge in [-0.2, -0.15) is 0 Å². The van der Waals surface area contributed by atoms with Gasteiger partial charge in [0.2, 0.25) is 0 Å². The highest BCUT2D eigenvalue weighted by Gasteiger charge is 2.17. The standard InChI is InChI=1S/C22H24N4O3/c1-15-8-10-25(11-9-15)14-16-2-4-17(5-3-16)24-22(27)20-13-23-21-7-6-18(26(28)29)12-19(20)21/h2-7,12-13,15,23H,8-11,14H2,1H3,(H,24,27). The highest BCUT2D eigenvalue weighted by Crippen LogP contribution is 2.25. The highest BCUT2D eigenvalue weighted by atomic mass is 16.6. The van der Waals surface area contributed by atoms with Crippen LogP contribution in [0.4, 0.5) is 11.4 Å². The molecular formula is C22H24N4O3. The van der Waals surface area contributed by atoms with Gasteiger partial charge in [0.1, 0.15) is 0 Å². The first kappa shape index (κ1) is 19.1. The van der Waals surface area contributed by atoms with Crippen molar-refractivity contribution < 1.29 is 9.72 Å². The van der Waals surface area contributed by atoms with E-state index in [9.17, 15) is 14.9 Å². The lowest BCUT2D eigenvalue weighted by atomic mass is 9.99. The number of likely N-dealkylation sites (tertiary alicyclic amines) is 1. The number of carbonyl (C=O) groups is 1. The molecule has 2 aromatic carbocycles. The summed E-state index contributed by atoms with van der Waals surface area (Å²) in [5.41, 5.74) is 2.95. The van der Waals surface area contributed by atoms with E-state index in [0.717, 1.165) is 25.6 Å². The Morgan fingerprint density at radius 1 is 1.21 bits per heavy atom. The van der Waals surface area contributed by atoms with Gasteiger partial charge in [0.05, 0.1) is 10.5 Å². The quantitative estimate of drug-likeness (QED) is 0.492. The van der Waals surface area contributed by atoms with Gasteiger partial charge in [0, 0.05) is 41.5 Å². The van der Waals surface area contributed by atoms with Crippen LogP contribution in [-0.2, 0) is 6.54 Å². The summed E-state index contributed by atoms with van der Waals surface area (Å²) < 4.78 is 0. The molecule has 0 atom stereocenters. The number of anilines is 1. The zero-order valence-electron chi connectivity index (χ0n) is 16.4. The number of nitro benzene ring substituents is 1. The van der Waals surface area contributed by atoms with Crippen LogP contribution >= 0.6 is 0 Å². The summed E-state index contributed by atoms with van der Waals surface area (Å²) in [4.78, 5) is 28.7. The van der Waals surface area contributed by atoms with Crippen LogP contribution in [0.15, 0.2) is 48.7 Å². The van der Waals surface area contributed by atoms with E-state index < -0.39 is 4.92 Å². The number of carbonyl (C=O) groups excluding carboxylic acids is 1. The minimum absolute atomic E-state index is 0.0393. The molecule has 29 heavy (non-hydrogen) atoms. The molecule has 7 nitrogen and oxygen atoms in total. The number of aromatic amines is 1. The number of fused-ring (bicyclic) bond motifs is 1. The molecule has 0 spiro atoms. The lowest BCUT2D eigenvalue weighted by Crippen LogP contribution is -2.32. The Bertz CT molecular complexity index is 1030. The average Bonchev–Trinajstić information content (AvgIpc) is 3.14. The monoisotopic (exact) mass is 392 g/mol. The summed E-state index contributed by atoms with van der Waals surface area (Å²) in [7, 11) is 0. The third-order valence-electron chi connectivity index (χ3n) is 5.62. The maximum atomic E-state index is 12.7. The van der Waals surface area contributed by atoms with E-state index in [1.54, 1.807) is 12.3 Å².